The number of hydrogen-bond donors (Lipinski definition) is 1. The van der Waals surface area contributed by atoms with Gasteiger partial charge in [0.25, 0.3) is 0 Å². The first kappa shape index (κ1) is 11.1. The number of hydrogen-bond acceptors (Lipinski definition) is 2. The van der Waals surface area contributed by atoms with Gasteiger partial charge in [-0.3, -0.25) is 4.98 Å². The van der Waals surface area contributed by atoms with E-state index in [4.69, 9.17) is 0 Å². The second-order valence-corrected chi connectivity index (χ2v) is 5.43. The van der Waals surface area contributed by atoms with Gasteiger partial charge in [-0.2, -0.15) is 0 Å². The van der Waals surface area contributed by atoms with E-state index in [1.165, 1.54) is 32.1 Å². The first-order valence-electron chi connectivity index (χ1n) is 6.65. The maximum absolute atomic E-state index is 14.0. The van der Waals surface area contributed by atoms with Gasteiger partial charge in [0.15, 0.2) is 0 Å². The molecular formula is C14H19FN2. The summed E-state index contributed by atoms with van der Waals surface area (Å²) < 4.78 is 14.0. The van der Waals surface area contributed by atoms with Crippen LogP contribution >= 0.6 is 0 Å². The molecule has 0 saturated heterocycles. The summed E-state index contributed by atoms with van der Waals surface area (Å²) in [5, 5.41) is 3.44. The lowest BCUT2D eigenvalue weighted by atomic mass is 9.92. The molecule has 1 atom stereocenters. The standard InChI is InChI=1S/C14H19FN2/c1-9(17-12-3-2-4-12)14-13(15)7-11(8-16-14)10-5-6-10/h7-10,12,17H,2-6H2,1H3. The topological polar surface area (TPSA) is 24.9 Å². The lowest BCUT2D eigenvalue weighted by molar-refractivity contribution is 0.307. The lowest BCUT2D eigenvalue weighted by Crippen LogP contribution is -2.37. The number of nitrogens with zero attached hydrogens (tertiary/aromatic N) is 1. The highest BCUT2D eigenvalue weighted by molar-refractivity contribution is 5.24. The second-order valence-electron chi connectivity index (χ2n) is 5.43. The highest BCUT2D eigenvalue weighted by atomic mass is 19.1. The van der Waals surface area contributed by atoms with E-state index in [1.54, 1.807) is 6.07 Å². The smallest absolute Gasteiger partial charge is 0.146 e. The molecule has 2 nitrogen and oxygen atoms in total. The van der Waals surface area contributed by atoms with Crippen LogP contribution in [0, 0.1) is 5.82 Å². The average Bonchev–Trinajstić information content (AvgIpc) is 3.06. The largest absolute Gasteiger partial charge is 0.306 e. The third-order valence-corrected chi connectivity index (χ3v) is 3.94. The number of aromatic nitrogens is 1. The fraction of sp³-hybridized carbons (Fsp3) is 0.643. The average molecular weight is 234 g/mol. The molecule has 0 aliphatic heterocycles. The van der Waals surface area contributed by atoms with Crippen molar-refractivity contribution in [2.45, 2.75) is 57.0 Å². The molecule has 2 aliphatic carbocycles. The van der Waals surface area contributed by atoms with Gasteiger partial charge in [-0.15, -0.1) is 0 Å². The molecule has 1 aromatic heterocycles. The van der Waals surface area contributed by atoms with Gasteiger partial charge in [-0.1, -0.05) is 6.42 Å². The van der Waals surface area contributed by atoms with Gasteiger partial charge >= 0.3 is 0 Å². The van der Waals surface area contributed by atoms with Gasteiger partial charge in [0.1, 0.15) is 5.82 Å². The molecule has 3 heteroatoms. The quantitative estimate of drug-likeness (QED) is 0.864. The van der Waals surface area contributed by atoms with Crippen LogP contribution in [0.2, 0.25) is 0 Å². The minimum absolute atomic E-state index is 0.0218. The fourth-order valence-electron chi connectivity index (χ4n) is 2.43. The predicted octanol–water partition coefficient (Wildman–Crippen LogP) is 3.30. The van der Waals surface area contributed by atoms with Crippen LogP contribution in [-0.4, -0.2) is 11.0 Å². The molecule has 92 valence electrons. The van der Waals surface area contributed by atoms with Gasteiger partial charge in [0, 0.05) is 18.3 Å². The van der Waals surface area contributed by atoms with Crippen molar-refractivity contribution >= 4 is 0 Å². The van der Waals surface area contributed by atoms with Crippen LogP contribution in [-0.2, 0) is 0 Å². The van der Waals surface area contributed by atoms with Crippen LogP contribution in [0.5, 0.6) is 0 Å². The normalized spacial score (nSPS) is 22.2. The lowest BCUT2D eigenvalue weighted by Gasteiger charge is -2.29. The Morgan fingerprint density at radius 1 is 1.35 bits per heavy atom. The minimum atomic E-state index is -0.145. The minimum Gasteiger partial charge on any atom is -0.306 e. The van der Waals surface area contributed by atoms with E-state index in [-0.39, 0.29) is 11.9 Å². The Labute approximate surface area is 102 Å². The SMILES string of the molecule is CC(NC1CCC1)c1ncc(C2CC2)cc1F. The van der Waals surface area contributed by atoms with E-state index in [1.807, 2.05) is 13.1 Å². The van der Waals surface area contributed by atoms with E-state index in [0.717, 1.165) is 5.56 Å². The third-order valence-electron chi connectivity index (χ3n) is 3.94. The summed E-state index contributed by atoms with van der Waals surface area (Å²) in [5.41, 5.74) is 1.64. The Morgan fingerprint density at radius 3 is 2.65 bits per heavy atom. The number of nitrogens with one attached hydrogen (secondary N) is 1. The van der Waals surface area contributed by atoms with Gasteiger partial charge < -0.3 is 5.32 Å². The Balaban J connectivity index is 1.72. The van der Waals surface area contributed by atoms with Gasteiger partial charge in [0.05, 0.1) is 5.69 Å². The van der Waals surface area contributed by atoms with Crippen LogP contribution in [0.15, 0.2) is 12.3 Å². The monoisotopic (exact) mass is 234 g/mol. The molecule has 2 aliphatic rings. The highest BCUT2D eigenvalue weighted by Crippen LogP contribution is 2.40. The molecule has 2 saturated carbocycles. The zero-order chi connectivity index (χ0) is 11.8. The number of rotatable bonds is 4. The maximum Gasteiger partial charge on any atom is 0.146 e. The fourth-order valence-corrected chi connectivity index (χ4v) is 2.43. The van der Waals surface area contributed by atoms with Crippen molar-refractivity contribution in [3.8, 4) is 0 Å². The summed E-state index contributed by atoms with van der Waals surface area (Å²) in [6.45, 7) is 2.00. The predicted molar refractivity (Wildman–Crippen MR) is 65.4 cm³/mol. The van der Waals surface area contributed by atoms with Crippen LogP contribution in [0.25, 0.3) is 0 Å². The first-order chi connectivity index (χ1) is 8.24. The summed E-state index contributed by atoms with van der Waals surface area (Å²) in [5.74, 6) is 0.426. The van der Waals surface area contributed by atoms with E-state index in [2.05, 4.69) is 10.3 Å². The first-order valence-corrected chi connectivity index (χ1v) is 6.65. The Morgan fingerprint density at radius 2 is 2.12 bits per heavy atom. The molecule has 0 radical (unpaired) electrons. The van der Waals surface area contributed by atoms with Crippen LogP contribution in [0.4, 0.5) is 4.39 Å². The van der Waals surface area contributed by atoms with Crippen LogP contribution in [0.3, 0.4) is 0 Å². The molecule has 1 heterocycles. The number of halogens is 1. The molecule has 0 spiro atoms. The molecule has 2 fully saturated rings. The Bertz CT molecular complexity index is 411. The zero-order valence-electron chi connectivity index (χ0n) is 10.2. The Hall–Kier alpha value is -0.960. The molecule has 0 aromatic carbocycles. The molecule has 1 N–H and O–H groups in total. The van der Waals surface area contributed by atoms with Crippen molar-refractivity contribution in [1.82, 2.24) is 10.3 Å². The van der Waals surface area contributed by atoms with Crippen molar-refractivity contribution in [1.29, 1.82) is 0 Å². The van der Waals surface area contributed by atoms with E-state index in [0.29, 0.717) is 17.7 Å². The van der Waals surface area contributed by atoms with Crippen molar-refractivity contribution in [2.24, 2.45) is 0 Å². The molecule has 3 rings (SSSR count). The molecule has 1 unspecified atom stereocenters. The van der Waals surface area contributed by atoms with Crippen molar-refractivity contribution in [3.63, 3.8) is 0 Å². The highest BCUT2D eigenvalue weighted by Gasteiger charge is 2.26. The maximum atomic E-state index is 14.0. The van der Waals surface area contributed by atoms with E-state index >= 15 is 0 Å². The molecular weight excluding hydrogens is 215 g/mol. The third kappa shape index (κ3) is 2.34. The Kier molecular flexibility index (Phi) is 2.87. The summed E-state index contributed by atoms with van der Waals surface area (Å²) in [6, 6.07) is 2.27. The zero-order valence-corrected chi connectivity index (χ0v) is 10.2. The van der Waals surface area contributed by atoms with Crippen LogP contribution in [0.1, 0.15) is 62.2 Å². The summed E-state index contributed by atoms with van der Waals surface area (Å²) in [6.07, 6.45) is 7.96. The molecule has 0 bridgehead atoms. The van der Waals surface area contributed by atoms with Crippen molar-refractivity contribution in [2.75, 3.05) is 0 Å². The second kappa shape index (κ2) is 4.37. The van der Waals surface area contributed by atoms with Gasteiger partial charge in [0.2, 0.25) is 0 Å². The van der Waals surface area contributed by atoms with Crippen LogP contribution < -0.4 is 5.32 Å². The van der Waals surface area contributed by atoms with Gasteiger partial charge in [-0.05, 0) is 50.2 Å². The molecule has 17 heavy (non-hydrogen) atoms. The van der Waals surface area contributed by atoms with E-state index < -0.39 is 0 Å². The van der Waals surface area contributed by atoms with Crippen molar-refractivity contribution < 1.29 is 4.39 Å². The number of pyridine rings is 1. The summed E-state index contributed by atoms with van der Waals surface area (Å²) in [4.78, 5) is 4.31. The van der Waals surface area contributed by atoms with Crippen molar-refractivity contribution in [3.05, 3.63) is 29.3 Å². The molecule has 0 amide bonds. The molecule has 1 aromatic rings. The summed E-state index contributed by atoms with van der Waals surface area (Å²) in [7, 11) is 0. The summed E-state index contributed by atoms with van der Waals surface area (Å²) >= 11 is 0. The van der Waals surface area contributed by atoms with Gasteiger partial charge in [-0.25, -0.2) is 4.39 Å². The van der Waals surface area contributed by atoms with E-state index in [9.17, 15) is 4.39 Å².